The van der Waals surface area contributed by atoms with Gasteiger partial charge in [0.1, 0.15) is 0 Å². The van der Waals surface area contributed by atoms with E-state index < -0.39 is 15.9 Å². The third kappa shape index (κ3) is 3.92. The molecule has 2 aromatic carbocycles. The maximum Gasteiger partial charge on any atom is 0.241 e. The molecule has 1 aliphatic heterocycles. The fourth-order valence-electron chi connectivity index (χ4n) is 2.77. The molecule has 0 saturated heterocycles. The van der Waals surface area contributed by atoms with Gasteiger partial charge in [-0.15, -0.1) is 0 Å². The first-order valence-corrected chi connectivity index (χ1v) is 9.59. The van der Waals surface area contributed by atoms with Gasteiger partial charge in [0.2, 0.25) is 21.8 Å². The number of para-hydroxylation sites is 1. The highest BCUT2D eigenvalue weighted by Gasteiger charge is 2.23. The summed E-state index contributed by atoms with van der Waals surface area (Å²) in [5, 5.41) is 2.62. The molecule has 0 unspecified atom stereocenters. The summed E-state index contributed by atoms with van der Waals surface area (Å²) in [6.45, 7) is -0.368. The lowest BCUT2D eigenvalue weighted by atomic mass is 10.0. The van der Waals surface area contributed by atoms with E-state index in [1.807, 2.05) is 6.07 Å². The lowest BCUT2D eigenvalue weighted by molar-refractivity contribution is -0.118. The standard InChI is InChI=1S/C18H19N3O4S/c1-21-16-9-8-15(11-13(16)7-10-18(21)23)26(24,25)19-12-17(22)20-14-5-3-2-4-6-14/h2-6,8-9,11,19H,7,10,12H2,1H3,(H,20,22). The van der Waals surface area contributed by atoms with E-state index in [2.05, 4.69) is 10.0 Å². The minimum Gasteiger partial charge on any atom is -0.325 e. The van der Waals surface area contributed by atoms with E-state index in [0.717, 1.165) is 5.56 Å². The number of hydrogen-bond acceptors (Lipinski definition) is 4. The van der Waals surface area contributed by atoms with Gasteiger partial charge in [0.15, 0.2) is 0 Å². The summed E-state index contributed by atoms with van der Waals surface area (Å²) in [6, 6.07) is 13.4. The van der Waals surface area contributed by atoms with Gasteiger partial charge in [0, 0.05) is 24.8 Å². The molecule has 1 aliphatic rings. The zero-order chi connectivity index (χ0) is 18.7. The molecule has 0 saturated carbocycles. The molecule has 7 nitrogen and oxygen atoms in total. The Morgan fingerprint density at radius 1 is 1.12 bits per heavy atom. The number of sulfonamides is 1. The number of carbonyl (C=O) groups is 2. The number of anilines is 2. The van der Waals surface area contributed by atoms with Crippen molar-refractivity contribution < 1.29 is 18.0 Å². The van der Waals surface area contributed by atoms with Crippen molar-refractivity contribution in [3.63, 3.8) is 0 Å². The second-order valence-corrected chi connectivity index (χ2v) is 7.75. The molecule has 0 atom stereocenters. The highest BCUT2D eigenvalue weighted by Crippen LogP contribution is 2.28. The number of hydrogen-bond donors (Lipinski definition) is 2. The molecular formula is C18H19N3O4S. The van der Waals surface area contributed by atoms with Crippen LogP contribution >= 0.6 is 0 Å². The van der Waals surface area contributed by atoms with E-state index >= 15 is 0 Å². The molecule has 136 valence electrons. The van der Waals surface area contributed by atoms with Crippen molar-refractivity contribution in [2.75, 3.05) is 23.8 Å². The third-order valence-corrected chi connectivity index (χ3v) is 5.58. The SMILES string of the molecule is CN1C(=O)CCc2cc(S(=O)(=O)NCC(=O)Nc3ccccc3)ccc21. The summed E-state index contributed by atoms with van der Waals surface area (Å²) < 4.78 is 27.2. The number of benzene rings is 2. The molecule has 0 radical (unpaired) electrons. The van der Waals surface area contributed by atoms with Crippen LogP contribution in [0.2, 0.25) is 0 Å². The minimum absolute atomic E-state index is 0.00353. The largest absolute Gasteiger partial charge is 0.325 e. The molecule has 0 aromatic heterocycles. The maximum atomic E-state index is 12.4. The first kappa shape index (κ1) is 18.1. The van der Waals surface area contributed by atoms with Crippen molar-refractivity contribution in [1.29, 1.82) is 0 Å². The van der Waals surface area contributed by atoms with Crippen LogP contribution in [0.1, 0.15) is 12.0 Å². The van der Waals surface area contributed by atoms with E-state index in [0.29, 0.717) is 24.2 Å². The number of rotatable bonds is 5. The highest BCUT2D eigenvalue weighted by molar-refractivity contribution is 7.89. The molecular weight excluding hydrogens is 354 g/mol. The second-order valence-electron chi connectivity index (χ2n) is 5.98. The highest BCUT2D eigenvalue weighted by atomic mass is 32.2. The molecule has 2 N–H and O–H groups in total. The van der Waals surface area contributed by atoms with Crippen LogP contribution in [0.4, 0.5) is 11.4 Å². The Morgan fingerprint density at radius 3 is 2.58 bits per heavy atom. The van der Waals surface area contributed by atoms with Gasteiger partial charge >= 0.3 is 0 Å². The van der Waals surface area contributed by atoms with Gasteiger partial charge in [-0.1, -0.05) is 18.2 Å². The van der Waals surface area contributed by atoms with Crippen LogP contribution in [0.5, 0.6) is 0 Å². The first-order chi connectivity index (χ1) is 12.4. The molecule has 0 aliphatic carbocycles. The molecule has 3 rings (SSSR count). The summed E-state index contributed by atoms with van der Waals surface area (Å²) >= 11 is 0. The lowest BCUT2D eigenvalue weighted by Gasteiger charge is -2.26. The average molecular weight is 373 g/mol. The Kier molecular flexibility index (Phi) is 5.06. The van der Waals surface area contributed by atoms with Crippen molar-refractivity contribution in [2.24, 2.45) is 0 Å². The number of amides is 2. The zero-order valence-electron chi connectivity index (χ0n) is 14.2. The van der Waals surface area contributed by atoms with E-state index in [4.69, 9.17) is 0 Å². The molecule has 2 aromatic rings. The van der Waals surface area contributed by atoms with Crippen LogP contribution < -0.4 is 14.9 Å². The number of fused-ring (bicyclic) bond motifs is 1. The number of nitrogens with zero attached hydrogens (tertiary/aromatic N) is 1. The average Bonchev–Trinajstić information content (AvgIpc) is 2.64. The van der Waals surface area contributed by atoms with E-state index in [1.165, 1.54) is 11.0 Å². The van der Waals surface area contributed by atoms with Crippen molar-refractivity contribution in [1.82, 2.24) is 4.72 Å². The summed E-state index contributed by atoms with van der Waals surface area (Å²) in [5.41, 5.74) is 2.10. The topological polar surface area (TPSA) is 95.6 Å². The summed E-state index contributed by atoms with van der Waals surface area (Å²) in [4.78, 5) is 25.2. The predicted molar refractivity (Wildman–Crippen MR) is 98.4 cm³/mol. The third-order valence-electron chi connectivity index (χ3n) is 4.19. The van der Waals surface area contributed by atoms with E-state index in [1.54, 1.807) is 43.4 Å². The number of carbonyl (C=O) groups excluding carboxylic acids is 2. The molecule has 1 heterocycles. The zero-order valence-corrected chi connectivity index (χ0v) is 15.0. The van der Waals surface area contributed by atoms with Gasteiger partial charge in [-0.3, -0.25) is 9.59 Å². The lowest BCUT2D eigenvalue weighted by Crippen LogP contribution is -2.34. The summed E-state index contributed by atoms with van der Waals surface area (Å²) in [7, 11) is -2.16. The van der Waals surface area contributed by atoms with Crippen molar-refractivity contribution in [2.45, 2.75) is 17.7 Å². The van der Waals surface area contributed by atoms with E-state index in [-0.39, 0.29) is 17.3 Å². The van der Waals surface area contributed by atoms with Crippen LogP contribution in [0.15, 0.2) is 53.4 Å². The number of aryl methyl sites for hydroxylation is 1. The second kappa shape index (κ2) is 7.27. The first-order valence-electron chi connectivity index (χ1n) is 8.11. The summed E-state index contributed by atoms with van der Waals surface area (Å²) in [5.74, 6) is -0.452. The van der Waals surface area contributed by atoms with Gasteiger partial charge in [-0.2, -0.15) is 0 Å². The predicted octanol–water partition coefficient (Wildman–Crippen LogP) is 1.51. The quantitative estimate of drug-likeness (QED) is 0.830. The smallest absolute Gasteiger partial charge is 0.241 e. The van der Waals surface area contributed by atoms with E-state index in [9.17, 15) is 18.0 Å². The van der Waals surface area contributed by atoms with Crippen LogP contribution in [0.3, 0.4) is 0 Å². The minimum atomic E-state index is -3.83. The Morgan fingerprint density at radius 2 is 1.85 bits per heavy atom. The fourth-order valence-corrected chi connectivity index (χ4v) is 3.80. The van der Waals surface area contributed by atoms with Crippen LogP contribution in [0, 0.1) is 0 Å². The van der Waals surface area contributed by atoms with Gasteiger partial charge in [0.05, 0.1) is 11.4 Å². The number of nitrogens with one attached hydrogen (secondary N) is 2. The van der Waals surface area contributed by atoms with Gasteiger partial charge in [-0.05, 0) is 42.3 Å². The summed E-state index contributed by atoms with van der Waals surface area (Å²) in [6.07, 6.45) is 0.844. The molecule has 8 heteroatoms. The van der Waals surface area contributed by atoms with Gasteiger partial charge < -0.3 is 10.2 Å². The van der Waals surface area contributed by atoms with Gasteiger partial charge in [0.25, 0.3) is 0 Å². The van der Waals surface area contributed by atoms with Crippen LogP contribution in [-0.4, -0.2) is 33.8 Å². The Balaban J connectivity index is 1.69. The van der Waals surface area contributed by atoms with Crippen molar-refractivity contribution in [3.8, 4) is 0 Å². The Bertz CT molecular complexity index is 942. The molecule has 0 fully saturated rings. The molecule has 0 spiro atoms. The fraction of sp³-hybridized carbons (Fsp3) is 0.222. The maximum absolute atomic E-state index is 12.4. The van der Waals surface area contributed by atoms with Crippen LogP contribution in [-0.2, 0) is 26.0 Å². The Hall–Kier alpha value is -2.71. The van der Waals surface area contributed by atoms with Crippen LogP contribution in [0.25, 0.3) is 0 Å². The molecule has 0 bridgehead atoms. The molecule has 26 heavy (non-hydrogen) atoms. The normalized spacial score (nSPS) is 14.0. The van der Waals surface area contributed by atoms with Crippen molar-refractivity contribution >= 4 is 33.2 Å². The van der Waals surface area contributed by atoms with Crippen molar-refractivity contribution in [3.05, 3.63) is 54.1 Å². The molecule has 2 amide bonds. The van der Waals surface area contributed by atoms with Gasteiger partial charge in [-0.25, -0.2) is 13.1 Å². The Labute approximate surface area is 152 Å². The monoisotopic (exact) mass is 373 g/mol.